The Morgan fingerprint density at radius 1 is 1.25 bits per heavy atom. The van der Waals surface area contributed by atoms with Crippen molar-refractivity contribution in [3.8, 4) is 5.69 Å². The molecule has 0 radical (unpaired) electrons. The molecule has 0 fully saturated rings. The number of nitrogens with two attached hydrogens (primary N) is 1. The number of carbonyl (C=O) groups is 1. The number of rotatable bonds is 2. The van der Waals surface area contributed by atoms with Gasteiger partial charge in [0, 0.05) is 5.02 Å². The lowest BCUT2D eigenvalue weighted by Gasteiger charge is -2.03. The van der Waals surface area contributed by atoms with Crippen molar-refractivity contribution in [2.24, 2.45) is 5.73 Å². The monoisotopic (exact) mass is 290 g/mol. The zero-order chi connectivity index (χ0) is 14.3. The fourth-order valence-corrected chi connectivity index (χ4v) is 1.85. The summed E-state index contributed by atoms with van der Waals surface area (Å²) in [6, 6.07) is 6.49. The van der Waals surface area contributed by atoms with Crippen molar-refractivity contribution in [1.29, 1.82) is 0 Å². The molecule has 2 aromatic heterocycles. The zero-order valence-corrected chi connectivity index (χ0v) is 10.7. The molecular formula is C11H7ClN6O2. The Labute approximate surface area is 116 Å². The Morgan fingerprint density at radius 2 is 1.95 bits per heavy atom. The van der Waals surface area contributed by atoms with Crippen LogP contribution in [-0.4, -0.2) is 30.3 Å². The second-order valence-electron chi connectivity index (χ2n) is 3.91. The third-order valence-electron chi connectivity index (χ3n) is 2.66. The van der Waals surface area contributed by atoms with Gasteiger partial charge in [0.1, 0.15) is 6.33 Å². The number of carbonyl (C=O) groups excluding carboxylic acids is 1. The van der Waals surface area contributed by atoms with E-state index in [1.165, 1.54) is 6.33 Å². The minimum absolute atomic E-state index is 0.0210. The van der Waals surface area contributed by atoms with E-state index in [9.17, 15) is 9.59 Å². The fraction of sp³-hybridized carbons (Fsp3) is 0. The van der Waals surface area contributed by atoms with Gasteiger partial charge in [0.2, 0.25) is 0 Å². The van der Waals surface area contributed by atoms with Crippen LogP contribution in [0.1, 0.15) is 10.5 Å². The van der Waals surface area contributed by atoms with Gasteiger partial charge in [-0.2, -0.15) is 4.68 Å². The third-order valence-corrected chi connectivity index (χ3v) is 2.92. The summed E-state index contributed by atoms with van der Waals surface area (Å²) in [6.45, 7) is 0. The van der Waals surface area contributed by atoms with E-state index < -0.39 is 11.6 Å². The Hall–Kier alpha value is -2.74. The molecule has 0 bridgehead atoms. The maximum Gasteiger partial charge on any atom is 0.357 e. The molecule has 9 heteroatoms. The van der Waals surface area contributed by atoms with Crippen molar-refractivity contribution in [3.05, 3.63) is 51.8 Å². The number of hydrogen-bond acceptors (Lipinski definition) is 5. The molecule has 0 saturated heterocycles. The quantitative estimate of drug-likeness (QED) is 0.716. The molecule has 0 aliphatic heterocycles. The first kappa shape index (κ1) is 12.3. The molecule has 2 N–H and O–H groups in total. The summed E-state index contributed by atoms with van der Waals surface area (Å²) < 4.78 is 2.16. The van der Waals surface area contributed by atoms with Crippen LogP contribution in [0, 0.1) is 0 Å². The van der Waals surface area contributed by atoms with Crippen molar-refractivity contribution in [2.75, 3.05) is 0 Å². The summed E-state index contributed by atoms with van der Waals surface area (Å²) in [5.41, 5.74) is 5.03. The van der Waals surface area contributed by atoms with Crippen molar-refractivity contribution >= 4 is 23.2 Å². The van der Waals surface area contributed by atoms with Crippen molar-refractivity contribution < 1.29 is 4.79 Å². The molecule has 20 heavy (non-hydrogen) atoms. The second-order valence-corrected chi connectivity index (χ2v) is 4.35. The van der Waals surface area contributed by atoms with Gasteiger partial charge >= 0.3 is 5.69 Å². The number of aromatic nitrogens is 5. The maximum atomic E-state index is 12.2. The highest BCUT2D eigenvalue weighted by Crippen LogP contribution is 2.11. The van der Waals surface area contributed by atoms with E-state index in [0.717, 1.165) is 9.08 Å². The number of hydrogen-bond donors (Lipinski definition) is 1. The Bertz CT molecular complexity index is 867. The topological polar surface area (TPSA) is 108 Å². The highest BCUT2D eigenvalue weighted by molar-refractivity contribution is 6.30. The van der Waals surface area contributed by atoms with Crippen LogP contribution in [0.5, 0.6) is 0 Å². The van der Waals surface area contributed by atoms with Gasteiger partial charge in [0.25, 0.3) is 5.91 Å². The van der Waals surface area contributed by atoms with Crippen molar-refractivity contribution in [2.45, 2.75) is 0 Å². The third kappa shape index (κ3) is 1.82. The first-order valence-electron chi connectivity index (χ1n) is 5.47. The molecule has 3 rings (SSSR count). The number of fused-ring (bicyclic) bond motifs is 1. The van der Waals surface area contributed by atoms with E-state index >= 15 is 0 Å². The number of imidazole rings is 1. The van der Waals surface area contributed by atoms with Gasteiger partial charge in [-0.1, -0.05) is 16.8 Å². The molecule has 100 valence electrons. The summed E-state index contributed by atoms with van der Waals surface area (Å²) >= 11 is 5.78. The largest absolute Gasteiger partial charge is 0.364 e. The predicted octanol–water partition coefficient (Wildman–Crippen LogP) is 0.0275. The molecule has 1 aromatic carbocycles. The smallest absolute Gasteiger partial charge is 0.357 e. The summed E-state index contributed by atoms with van der Waals surface area (Å²) in [5, 5.41) is 8.10. The lowest BCUT2D eigenvalue weighted by molar-refractivity contribution is 0.0997. The van der Waals surface area contributed by atoms with E-state index in [4.69, 9.17) is 17.3 Å². The average Bonchev–Trinajstić information content (AvgIpc) is 2.85. The molecule has 0 saturated carbocycles. The fourth-order valence-electron chi connectivity index (χ4n) is 1.72. The number of amides is 1. The Kier molecular flexibility index (Phi) is 2.72. The van der Waals surface area contributed by atoms with Crippen molar-refractivity contribution in [1.82, 2.24) is 24.4 Å². The highest BCUT2D eigenvalue weighted by atomic mass is 35.5. The van der Waals surface area contributed by atoms with E-state index in [-0.39, 0.29) is 11.3 Å². The molecule has 0 aliphatic carbocycles. The standard InChI is InChI=1S/C11H7ClN6O2/c12-6-1-3-7(4-2-6)18-11(20)17-5-14-8(9(13)19)10(17)15-16-18/h1-5H,(H2,13,19). The maximum absolute atomic E-state index is 12.2. The van der Waals surface area contributed by atoms with Gasteiger partial charge in [-0.3, -0.25) is 4.79 Å². The van der Waals surface area contributed by atoms with Gasteiger partial charge in [-0.15, -0.1) is 5.10 Å². The molecule has 0 spiro atoms. The number of halogens is 1. The molecule has 1 amide bonds. The SMILES string of the molecule is NC(=O)c1ncn2c(=O)n(-c3ccc(Cl)cc3)nnc12. The van der Waals surface area contributed by atoms with Crippen LogP contribution in [0.15, 0.2) is 35.4 Å². The highest BCUT2D eigenvalue weighted by Gasteiger charge is 2.15. The number of primary amides is 1. The number of nitrogens with zero attached hydrogens (tertiary/aromatic N) is 5. The van der Waals surface area contributed by atoms with Crippen LogP contribution in [-0.2, 0) is 0 Å². The first-order chi connectivity index (χ1) is 9.58. The van der Waals surface area contributed by atoms with E-state index in [2.05, 4.69) is 15.3 Å². The zero-order valence-electron chi connectivity index (χ0n) is 9.89. The molecule has 0 atom stereocenters. The number of benzene rings is 1. The first-order valence-corrected chi connectivity index (χ1v) is 5.84. The van der Waals surface area contributed by atoms with E-state index in [1.807, 2.05) is 0 Å². The summed E-state index contributed by atoms with van der Waals surface area (Å²) in [7, 11) is 0. The second kappa shape index (κ2) is 4.42. The molecule has 0 unspecified atom stereocenters. The predicted molar refractivity (Wildman–Crippen MR) is 69.9 cm³/mol. The van der Waals surface area contributed by atoms with Crippen LogP contribution in [0.2, 0.25) is 5.02 Å². The normalized spacial score (nSPS) is 10.8. The molecule has 2 heterocycles. The molecule has 8 nitrogen and oxygen atoms in total. The van der Waals surface area contributed by atoms with Crippen molar-refractivity contribution in [3.63, 3.8) is 0 Å². The van der Waals surface area contributed by atoms with Crippen LogP contribution in [0.25, 0.3) is 11.3 Å². The minimum Gasteiger partial charge on any atom is -0.364 e. The van der Waals surface area contributed by atoms with Crippen LogP contribution in [0.3, 0.4) is 0 Å². The van der Waals surface area contributed by atoms with Crippen LogP contribution >= 0.6 is 11.6 Å². The summed E-state index contributed by atoms with van der Waals surface area (Å²) in [4.78, 5) is 27.1. The van der Waals surface area contributed by atoms with E-state index in [0.29, 0.717) is 10.7 Å². The Morgan fingerprint density at radius 3 is 2.60 bits per heavy atom. The minimum atomic E-state index is -0.773. The van der Waals surface area contributed by atoms with Gasteiger partial charge in [0.15, 0.2) is 11.3 Å². The molecule has 0 aliphatic rings. The summed E-state index contributed by atoms with van der Waals surface area (Å²) in [5.74, 6) is -0.773. The molecular weight excluding hydrogens is 284 g/mol. The lowest BCUT2D eigenvalue weighted by Crippen LogP contribution is -2.28. The van der Waals surface area contributed by atoms with Gasteiger partial charge < -0.3 is 5.73 Å². The van der Waals surface area contributed by atoms with Crippen LogP contribution < -0.4 is 11.4 Å². The summed E-state index contributed by atoms with van der Waals surface area (Å²) in [6.07, 6.45) is 1.18. The van der Waals surface area contributed by atoms with Gasteiger partial charge in [-0.25, -0.2) is 14.2 Å². The Balaban J connectivity index is 2.24. The van der Waals surface area contributed by atoms with E-state index in [1.54, 1.807) is 24.3 Å². The lowest BCUT2D eigenvalue weighted by atomic mass is 10.3. The average molecular weight is 291 g/mol. The van der Waals surface area contributed by atoms with Gasteiger partial charge in [0.05, 0.1) is 5.69 Å². The van der Waals surface area contributed by atoms with Crippen LogP contribution in [0.4, 0.5) is 0 Å². The van der Waals surface area contributed by atoms with Gasteiger partial charge in [-0.05, 0) is 24.3 Å². The molecule has 3 aromatic rings.